The molecule has 0 N–H and O–H groups in total. The van der Waals surface area contributed by atoms with Gasteiger partial charge >= 0.3 is 12.0 Å². The van der Waals surface area contributed by atoms with E-state index >= 15 is 0 Å². The summed E-state index contributed by atoms with van der Waals surface area (Å²) in [4.78, 5) is 34.2. The van der Waals surface area contributed by atoms with E-state index in [1.165, 1.54) is 0 Å². The quantitative estimate of drug-likeness (QED) is 0.665. The van der Waals surface area contributed by atoms with Crippen LogP contribution in [0.1, 0.15) is 32.1 Å². The van der Waals surface area contributed by atoms with Crippen LogP contribution < -0.4 is 9.64 Å². The standard InChI is InChI=1S/C22H28N6O3/c29-20-22(4-12-28(13-5-22)19-15-23-8-9-24-19)14-18(30-20)16-27-10-2-17(3-11-27)31-21-25-6-1-7-26-21/h1,6-9,15,17-18H,2-5,10-14,16H2. The lowest BCUT2D eigenvalue weighted by molar-refractivity contribution is -0.150. The van der Waals surface area contributed by atoms with Crippen molar-refractivity contribution in [3.8, 4) is 6.01 Å². The maximum Gasteiger partial charge on any atom is 0.316 e. The van der Waals surface area contributed by atoms with E-state index in [0.717, 1.165) is 70.6 Å². The highest BCUT2D eigenvalue weighted by Crippen LogP contribution is 2.43. The maximum atomic E-state index is 12.8. The van der Waals surface area contributed by atoms with Gasteiger partial charge in [0.05, 0.1) is 11.6 Å². The van der Waals surface area contributed by atoms with E-state index in [1.54, 1.807) is 37.1 Å². The van der Waals surface area contributed by atoms with Crippen LogP contribution in [0.25, 0.3) is 0 Å². The molecule has 1 atom stereocenters. The summed E-state index contributed by atoms with van der Waals surface area (Å²) in [6.07, 6.45) is 13.0. The van der Waals surface area contributed by atoms with E-state index in [-0.39, 0.29) is 23.6 Å². The number of nitrogens with zero attached hydrogens (tertiary/aromatic N) is 6. The summed E-state index contributed by atoms with van der Waals surface area (Å²) in [7, 11) is 0. The van der Waals surface area contributed by atoms with Crippen molar-refractivity contribution in [2.75, 3.05) is 37.6 Å². The normalized spacial score (nSPS) is 24.3. The average Bonchev–Trinajstić information content (AvgIpc) is 3.11. The third-order valence-corrected chi connectivity index (χ3v) is 6.73. The van der Waals surface area contributed by atoms with Crippen molar-refractivity contribution in [2.24, 2.45) is 5.41 Å². The fourth-order valence-electron chi connectivity index (χ4n) is 4.96. The molecule has 0 amide bonds. The van der Waals surface area contributed by atoms with Crippen LogP contribution in [0.4, 0.5) is 5.82 Å². The van der Waals surface area contributed by atoms with Gasteiger partial charge in [0, 0.05) is 63.9 Å². The Morgan fingerprint density at radius 3 is 2.52 bits per heavy atom. The Hall–Kier alpha value is -2.81. The lowest BCUT2D eigenvalue weighted by Crippen LogP contribution is -2.43. The van der Waals surface area contributed by atoms with Crippen LogP contribution in [0.2, 0.25) is 0 Å². The van der Waals surface area contributed by atoms with Crippen molar-refractivity contribution in [1.29, 1.82) is 0 Å². The predicted molar refractivity (Wildman–Crippen MR) is 113 cm³/mol. The second-order valence-electron chi connectivity index (χ2n) is 8.71. The number of likely N-dealkylation sites (tertiary alicyclic amines) is 1. The zero-order chi connectivity index (χ0) is 21.1. The molecule has 3 saturated heterocycles. The molecule has 0 aliphatic carbocycles. The molecule has 1 spiro atoms. The third kappa shape index (κ3) is 4.46. The summed E-state index contributed by atoms with van der Waals surface area (Å²) in [5, 5.41) is 0. The fourth-order valence-corrected chi connectivity index (χ4v) is 4.96. The van der Waals surface area contributed by atoms with Gasteiger partial charge in [-0.1, -0.05) is 0 Å². The van der Waals surface area contributed by atoms with Gasteiger partial charge in [0.25, 0.3) is 0 Å². The molecule has 5 rings (SSSR count). The van der Waals surface area contributed by atoms with Gasteiger partial charge in [0.2, 0.25) is 0 Å². The van der Waals surface area contributed by atoms with Crippen molar-refractivity contribution < 1.29 is 14.3 Å². The lowest BCUT2D eigenvalue weighted by Gasteiger charge is -2.37. The van der Waals surface area contributed by atoms with Crippen LogP contribution >= 0.6 is 0 Å². The van der Waals surface area contributed by atoms with Gasteiger partial charge in [-0.2, -0.15) is 0 Å². The second-order valence-corrected chi connectivity index (χ2v) is 8.71. The number of hydrogen-bond acceptors (Lipinski definition) is 9. The van der Waals surface area contributed by atoms with Crippen LogP contribution in [-0.2, 0) is 9.53 Å². The number of anilines is 1. The molecule has 3 aliphatic heterocycles. The molecular weight excluding hydrogens is 396 g/mol. The average molecular weight is 425 g/mol. The van der Waals surface area contributed by atoms with E-state index in [4.69, 9.17) is 9.47 Å². The van der Waals surface area contributed by atoms with Gasteiger partial charge in [-0.15, -0.1) is 0 Å². The Bertz CT molecular complexity index is 867. The highest BCUT2D eigenvalue weighted by Gasteiger charge is 2.50. The van der Waals surface area contributed by atoms with Crippen LogP contribution in [-0.4, -0.2) is 75.7 Å². The Kier molecular flexibility index (Phi) is 5.67. The fraction of sp³-hybridized carbons (Fsp3) is 0.591. The number of carbonyl (C=O) groups is 1. The molecule has 0 radical (unpaired) electrons. The van der Waals surface area contributed by atoms with Gasteiger partial charge in [-0.3, -0.25) is 14.7 Å². The van der Waals surface area contributed by atoms with Crippen molar-refractivity contribution >= 4 is 11.8 Å². The number of hydrogen-bond donors (Lipinski definition) is 0. The molecule has 9 heteroatoms. The zero-order valence-corrected chi connectivity index (χ0v) is 17.6. The largest absolute Gasteiger partial charge is 0.461 e. The summed E-state index contributed by atoms with van der Waals surface area (Å²) in [5.74, 6) is 0.863. The van der Waals surface area contributed by atoms with E-state index in [0.29, 0.717) is 6.01 Å². The lowest BCUT2D eigenvalue weighted by atomic mass is 9.76. The molecule has 1 unspecified atom stereocenters. The molecule has 3 fully saturated rings. The number of esters is 1. The molecular formula is C22H28N6O3. The number of rotatable bonds is 5. The van der Waals surface area contributed by atoms with Crippen molar-refractivity contribution in [3.63, 3.8) is 0 Å². The highest BCUT2D eigenvalue weighted by atomic mass is 16.6. The Morgan fingerprint density at radius 2 is 1.81 bits per heavy atom. The first-order valence-electron chi connectivity index (χ1n) is 11.1. The number of cyclic esters (lactones) is 1. The van der Waals surface area contributed by atoms with Gasteiger partial charge in [0.15, 0.2) is 0 Å². The van der Waals surface area contributed by atoms with Crippen molar-refractivity contribution in [3.05, 3.63) is 37.1 Å². The zero-order valence-electron chi connectivity index (χ0n) is 17.6. The molecule has 3 aliphatic rings. The summed E-state index contributed by atoms with van der Waals surface area (Å²) in [5.41, 5.74) is -0.338. The first-order chi connectivity index (χ1) is 15.2. The molecule has 31 heavy (non-hydrogen) atoms. The van der Waals surface area contributed by atoms with Crippen LogP contribution in [0.5, 0.6) is 6.01 Å². The predicted octanol–water partition coefficient (Wildman–Crippen LogP) is 1.71. The minimum Gasteiger partial charge on any atom is -0.461 e. The number of piperidine rings is 2. The molecule has 2 aromatic rings. The van der Waals surface area contributed by atoms with Gasteiger partial charge in [0.1, 0.15) is 18.0 Å². The highest BCUT2D eigenvalue weighted by molar-refractivity contribution is 5.79. The summed E-state index contributed by atoms with van der Waals surface area (Å²) in [6.45, 7) is 4.28. The van der Waals surface area contributed by atoms with Crippen LogP contribution in [0.3, 0.4) is 0 Å². The van der Waals surface area contributed by atoms with E-state index in [1.807, 2.05) is 0 Å². The monoisotopic (exact) mass is 424 g/mol. The molecule has 0 saturated carbocycles. The van der Waals surface area contributed by atoms with Gasteiger partial charge in [-0.25, -0.2) is 15.0 Å². The number of aromatic nitrogens is 4. The molecule has 0 bridgehead atoms. The van der Waals surface area contributed by atoms with Gasteiger partial charge < -0.3 is 14.4 Å². The Morgan fingerprint density at radius 1 is 1.03 bits per heavy atom. The summed E-state index contributed by atoms with van der Waals surface area (Å²) >= 11 is 0. The van der Waals surface area contributed by atoms with E-state index in [2.05, 4.69) is 29.7 Å². The SMILES string of the molecule is O=C1OC(CN2CCC(Oc3ncccn3)CC2)CC12CCN(c1cnccn1)CC2. The molecule has 164 valence electrons. The molecule has 0 aromatic carbocycles. The smallest absolute Gasteiger partial charge is 0.316 e. The molecule has 5 heterocycles. The van der Waals surface area contributed by atoms with E-state index < -0.39 is 0 Å². The van der Waals surface area contributed by atoms with E-state index in [9.17, 15) is 4.79 Å². The number of carbonyl (C=O) groups excluding carboxylic acids is 1. The van der Waals surface area contributed by atoms with Crippen LogP contribution in [0.15, 0.2) is 37.1 Å². The maximum absolute atomic E-state index is 12.8. The third-order valence-electron chi connectivity index (χ3n) is 6.73. The topological polar surface area (TPSA) is 93.6 Å². The first-order valence-corrected chi connectivity index (χ1v) is 11.1. The summed E-state index contributed by atoms with van der Waals surface area (Å²) in [6, 6.07) is 2.23. The van der Waals surface area contributed by atoms with Gasteiger partial charge in [-0.05, 0) is 31.7 Å². The van der Waals surface area contributed by atoms with Crippen LogP contribution in [0, 0.1) is 5.41 Å². The Balaban J connectivity index is 1.10. The minimum absolute atomic E-state index is 0.0178. The molecule has 9 nitrogen and oxygen atoms in total. The minimum atomic E-state index is -0.338. The first kappa shape index (κ1) is 20.1. The van der Waals surface area contributed by atoms with Crippen molar-refractivity contribution in [1.82, 2.24) is 24.8 Å². The number of ether oxygens (including phenoxy) is 2. The summed E-state index contributed by atoms with van der Waals surface area (Å²) < 4.78 is 11.7. The van der Waals surface area contributed by atoms with Crippen molar-refractivity contribution in [2.45, 2.75) is 44.3 Å². The Labute approximate surface area is 181 Å². The molecule has 2 aromatic heterocycles. The second kappa shape index (κ2) is 8.74.